The number of nitrogens with zero attached hydrogens (tertiary/aromatic N) is 5. The maximum absolute atomic E-state index is 11.0. The van der Waals surface area contributed by atoms with Crippen molar-refractivity contribution in [1.82, 2.24) is 14.5 Å². The maximum Gasteiger partial charge on any atom is 0.280 e. The summed E-state index contributed by atoms with van der Waals surface area (Å²) in [5, 5.41) is 11.0. The summed E-state index contributed by atoms with van der Waals surface area (Å²) in [6.07, 6.45) is 7.93. The fourth-order valence-corrected chi connectivity index (χ4v) is 2.21. The Bertz CT molecular complexity index is 790. The van der Waals surface area contributed by atoms with Crippen LogP contribution >= 0.6 is 0 Å². The number of nitro benzene ring substituents is 1. The Morgan fingerprint density at radius 2 is 2.33 bits per heavy atom. The molecular formula is C14H15N5O2. The number of hydrogen-bond donors (Lipinski definition) is 0. The molecule has 108 valence electrons. The van der Waals surface area contributed by atoms with Crippen molar-refractivity contribution >= 4 is 16.7 Å². The number of nitro groups is 1. The molecule has 0 atom stereocenters. The molecule has 3 aromatic rings. The van der Waals surface area contributed by atoms with Crippen LogP contribution in [0.15, 0.2) is 36.9 Å². The molecule has 0 aliphatic carbocycles. The minimum Gasteiger partial charge on any atom is -0.358 e. The molecule has 0 saturated heterocycles. The van der Waals surface area contributed by atoms with Gasteiger partial charge in [0, 0.05) is 17.5 Å². The van der Waals surface area contributed by atoms with Crippen LogP contribution in [-0.2, 0) is 6.54 Å². The summed E-state index contributed by atoms with van der Waals surface area (Å²) in [6.45, 7) is 3.08. The highest BCUT2D eigenvalue weighted by atomic mass is 16.6. The predicted molar refractivity (Wildman–Crippen MR) is 76.1 cm³/mol. The van der Waals surface area contributed by atoms with Gasteiger partial charge in [-0.15, -0.1) is 0 Å². The topological polar surface area (TPSA) is 78.9 Å². The van der Waals surface area contributed by atoms with Crippen molar-refractivity contribution < 1.29 is 9.49 Å². The van der Waals surface area contributed by atoms with Crippen LogP contribution in [0.3, 0.4) is 0 Å². The highest BCUT2D eigenvalue weighted by Crippen LogP contribution is 2.23. The Labute approximate surface area is 121 Å². The third-order valence-electron chi connectivity index (χ3n) is 3.31. The lowest BCUT2D eigenvalue weighted by Gasteiger charge is -2.03. The number of para-hydroxylation sites is 1. The largest absolute Gasteiger partial charge is 0.358 e. The first-order valence-electron chi connectivity index (χ1n) is 6.84. The van der Waals surface area contributed by atoms with Crippen molar-refractivity contribution in [3.8, 4) is 5.95 Å². The van der Waals surface area contributed by atoms with E-state index in [1.54, 1.807) is 16.7 Å². The summed E-state index contributed by atoms with van der Waals surface area (Å²) in [7, 11) is 0. The van der Waals surface area contributed by atoms with Gasteiger partial charge < -0.3 is 14.5 Å². The van der Waals surface area contributed by atoms with E-state index in [0.29, 0.717) is 17.0 Å². The van der Waals surface area contributed by atoms with Crippen LogP contribution in [0.2, 0.25) is 0 Å². The number of imidazole rings is 2. The predicted octanol–water partition coefficient (Wildman–Crippen LogP) is 1.98. The Hall–Kier alpha value is -2.70. The van der Waals surface area contributed by atoms with Gasteiger partial charge in [-0.25, -0.2) is 0 Å². The molecule has 7 nitrogen and oxygen atoms in total. The number of aromatic nitrogens is 4. The molecule has 0 spiro atoms. The molecule has 21 heavy (non-hydrogen) atoms. The first kappa shape index (κ1) is 13.3. The third kappa shape index (κ3) is 2.49. The second-order valence-electron chi connectivity index (χ2n) is 4.84. The van der Waals surface area contributed by atoms with E-state index < -0.39 is 4.92 Å². The van der Waals surface area contributed by atoms with Crippen LogP contribution in [0.1, 0.15) is 19.8 Å². The van der Waals surface area contributed by atoms with E-state index in [4.69, 9.17) is 0 Å². The molecule has 0 bridgehead atoms. The molecule has 0 saturated carbocycles. The summed E-state index contributed by atoms with van der Waals surface area (Å²) in [6, 6.07) is 4.79. The Balaban J connectivity index is 1.99. The second kappa shape index (κ2) is 5.35. The van der Waals surface area contributed by atoms with E-state index in [1.807, 2.05) is 18.7 Å². The highest BCUT2D eigenvalue weighted by molar-refractivity contribution is 5.85. The molecule has 0 fully saturated rings. The summed E-state index contributed by atoms with van der Waals surface area (Å²) < 4.78 is 3.83. The van der Waals surface area contributed by atoms with Gasteiger partial charge in [0.05, 0.1) is 23.2 Å². The second-order valence-corrected chi connectivity index (χ2v) is 4.84. The molecule has 0 radical (unpaired) electrons. The fourth-order valence-electron chi connectivity index (χ4n) is 2.21. The van der Waals surface area contributed by atoms with Crippen molar-refractivity contribution in [2.24, 2.45) is 0 Å². The van der Waals surface area contributed by atoms with E-state index >= 15 is 0 Å². The summed E-state index contributed by atoms with van der Waals surface area (Å²) >= 11 is 0. The number of aryl methyl sites for hydroxylation is 1. The van der Waals surface area contributed by atoms with Crippen molar-refractivity contribution in [3.05, 3.63) is 47.0 Å². The van der Waals surface area contributed by atoms with Gasteiger partial charge in [0.25, 0.3) is 5.69 Å². The van der Waals surface area contributed by atoms with E-state index in [1.165, 1.54) is 6.07 Å². The molecule has 1 aromatic carbocycles. The molecule has 0 amide bonds. The SMILES string of the molecule is CCCC[n+]1ccn(-c2nc3cccc([N+](=O)[O-])c3[n-]2)c1. The van der Waals surface area contributed by atoms with Crippen molar-refractivity contribution in [2.45, 2.75) is 26.3 Å². The third-order valence-corrected chi connectivity index (χ3v) is 3.31. The monoisotopic (exact) mass is 285 g/mol. The molecule has 2 heterocycles. The van der Waals surface area contributed by atoms with E-state index in [0.717, 1.165) is 19.4 Å². The lowest BCUT2D eigenvalue weighted by Crippen LogP contribution is -2.30. The van der Waals surface area contributed by atoms with Crippen LogP contribution in [0.5, 0.6) is 0 Å². The number of fused-ring (bicyclic) bond motifs is 1. The van der Waals surface area contributed by atoms with Gasteiger partial charge in [0.2, 0.25) is 0 Å². The van der Waals surface area contributed by atoms with Crippen molar-refractivity contribution in [1.29, 1.82) is 0 Å². The van der Waals surface area contributed by atoms with Gasteiger partial charge in [-0.05, 0) is 12.6 Å². The normalized spacial score (nSPS) is 11.1. The average Bonchev–Trinajstić information content (AvgIpc) is 3.10. The van der Waals surface area contributed by atoms with E-state index in [2.05, 4.69) is 21.5 Å². The number of rotatable bonds is 5. The van der Waals surface area contributed by atoms with Gasteiger partial charge >= 0.3 is 0 Å². The van der Waals surface area contributed by atoms with Gasteiger partial charge in [0.1, 0.15) is 6.33 Å². The van der Waals surface area contributed by atoms with Gasteiger partial charge in [-0.3, -0.25) is 14.7 Å². The molecular weight excluding hydrogens is 270 g/mol. The zero-order valence-electron chi connectivity index (χ0n) is 11.6. The molecule has 0 N–H and O–H groups in total. The quantitative estimate of drug-likeness (QED) is 0.408. The first-order chi connectivity index (χ1) is 10.2. The van der Waals surface area contributed by atoms with Crippen LogP contribution in [0, 0.1) is 10.1 Å². The lowest BCUT2D eigenvalue weighted by atomic mass is 10.3. The van der Waals surface area contributed by atoms with Crippen molar-refractivity contribution in [2.75, 3.05) is 0 Å². The smallest absolute Gasteiger partial charge is 0.280 e. The molecule has 0 unspecified atom stereocenters. The van der Waals surface area contributed by atoms with Crippen LogP contribution in [-0.4, -0.2) is 14.5 Å². The molecule has 2 aromatic heterocycles. The van der Waals surface area contributed by atoms with E-state index in [-0.39, 0.29) is 5.69 Å². The zero-order valence-corrected chi connectivity index (χ0v) is 11.6. The lowest BCUT2D eigenvalue weighted by molar-refractivity contribution is -0.696. The summed E-state index contributed by atoms with van der Waals surface area (Å²) in [5.41, 5.74) is 0.844. The zero-order chi connectivity index (χ0) is 14.8. The van der Waals surface area contributed by atoms with Crippen LogP contribution in [0.4, 0.5) is 5.69 Å². The Kier molecular flexibility index (Phi) is 3.39. The van der Waals surface area contributed by atoms with Gasteiger partial charge in [-0.1, -0.05) is 25.5 Å². The number of benzene rings is 1. The summed E-state index contributed by atoms with van der Waals surface area (Å²) in [4.78, 5) is 19.2. The Morgan fingerprint density at radius 1 is 1.48 bits per heavy atom. The van der Waals surface area contributed by atoms with Crippen LogP contribution in [0.25, 0.3) is 17.0 Å². The van der Waals surface area contributed by atoms with E-state index in [9.17, 15) is 10.1 Å². The minimum absolute atomic E-state index is 0.0164. The number of unbranched alkanes of at least 4 members (excludes halogenated alkanes) is 1. The molecule has 3 rings (SSSR count). The Morgan fingerprint density at radius 3 is 3.10 bits per heavy atom. The first-order valence-corrected chi connectivity index (χ1v) is 6.84. The van der Waals surface area contributed by atoms with Crippen LogP contribution < -0.4 is 9.55 Å². The minimum atomic E-state index is -0.433. The molecule has 7 heteroatoms. The molecule has 0 aliphatic heterocycles. The van der Waals surface area contributed by atoms with Gasteiger partial charge in [0.15, 0.2) is 0 Å². The fraction of sp³-hybridized carbons (Fsp3) is 0.286. The maximum atomic E-state index is 11.0. The van der Waals surface area contributed by atoms with Crippen molar-refractivity contribution in [3.63, 3.8) is 0 Å². The summed E-state index contributed by atoms with van der Waals surface area (Å²) in [5.74, 6) is 0.453. The van der Waals surface area contributed by atoms with Gasteiger partial charge in [-0.2, -0.15) is 0 Å². The molecule has 0 aliphatic rings. The highest BCUT2D eigenvalue weighted by Gasteiger charge is 2.11. The standard InChI is InChI=1S/C14H15N5O2/c1-2-3-7-17-8-9-18(10-17)14-15-11-5-4-6-12(19(20)21)13(11)16-14/h4-6,8-10H,2-3,7H2,1H3. The number of hydrogen-bond acceptors (Lipinski definition) is 3. The average molecular weight is 285 g/mol. The number of non-ortho nitro benzene ring substituents is 1.